The SMILES string of the molecule is CC(C)(C)c1ccc(OCc2nnc(-c3cccc(Cl)c3)o2)cc1. The summed E-state index contributed by atoms with van der Waals surface area (Å²) in [5, 5.41) is 8.67. The van der Waals surface area contributed by atoms with Gasteiger partial charge in [-0.1, -0.05) is 50.6 Å². The van der Waals surface area contributed by atoms with E-state index in [1.807, 2.05) is 24.3 Å². The molecule has 0 unspecified atom stereocenters. The summed E-state index contributed by atoms with van der Waals surface area (Å²) in [6.07, 6.45) is 0. The van der Waals surface area contributed by atoms with Crippen molar-refractivity contribution >= 4 is 11.6 Å². The summed E-state index contributed by atoms with van der Waals surface area (Å²) < 4.78 is 11.3. The number of benzene rings is 2. The molecule has 0 N–H and O–H groups in total. The maximum atomic E-state index is 5.97. The molecule has 4 nitrogen and oxygen atoms in total. The summed E-state index contributed by atoms with van der Waals surface area (Å²) in [7, 11) is 0. The molecule has 3 rings (SSSR count). The highest BCUT2D eigenvalue weighted by atomic mass is 35.5. The molecule has 0 atom stereocenters. The lowest BCUT2D eigenvalue weighted by Crippen LogP contribution is -2.10. The Morgan fingerprint density at radius 1 is 1.04 bits per heavy atom. The maximum absolute atomic E-state index is 5.97. The van der Waals surface area contributed by atoms with E-state index < -0.39 is 0 Å². The van der Waals surface area contributed by atoms with Gasteiger partial charge in [0.15, 0.2) is 6.61 Å². The van der Waals surface area contributed by atoms with Gasteiger partial charge in [0.05, 0.1) is 0 Å². The first-order chi connectivity index (χ1) is 11.4. The Morgan fingerprint density at radius 2 is 1.79 bits per heavy atom. The van der Waals surface area contributed by atoms with Crippen LogP contribution < -0.4 is 4.74 Å². The molecule has 5 heteroatoms. The lowest BCUT2D eigenvalue weighted by atomic mass is 9.87. The van der Waals surface area contributed by atoms with Crippen molar-refractivity contribution < 1.29 is 9.15 Å². The van der Waals surface area contributed by atoms with Crippen molar-refractivity contribution in [3.63, 3.8) is 0 Å². The molecule has 0 fully saturated rings. The van der Waals surface area contributed by atoms with Crippen LogP contribution in [0.25, 0.3) is 11.5 Å². The molecule has 0 aliphatic rings. The molecule has 124 valence electrons. The number of rotatable bonds is 4. The fraction of sp³-hybridized carbons (Fsp3) is 0.263. The maximum Gasteiger partial charge on any atom is 0.254 e. The Labute approximate surface area is 146 Å². The third kappa shape index (κ3) is 3.95. The van der Waals surface area contributed by atoms with Gasteiger partial charge in [-0.05, 0) is 41.3 Å². The second-order valence-corrected chi connectivity index (χ2v) is 7.01. The highest BCUT2D eigenvalue weighted by Gasteiger charge is 2.13. The number of hydrogen-bond acceptors (Lipinski definition) is 4. The van der Waals surface area contributed by atoms with E-state index in [1.54, 1.807) is 12.1 Å². The van der Waals surface area contributed by atoms with Gasteiger partial charge in [0.1, 0.15) is 5.75 Å². The first-order valence-corrected chi connectivity index (χ1v) is 8.11. The van der Waals surface area contributed by atoms with E-state index in [2.05, 4.69) is 43.1 Å². The molecule has 24 heavy (non-hydrogen) atoms. The number of halogens is 1. The Hall–Kier alpha value is -2.33. The molecule has 2 aromatic carbocycles. The van der Waals surface area contributed by atoms with Crippen LogP contribution in [0.5, 0.6) is 5.75 Å². The van der Waals surface area contributed by atoms with Crippen LogP contribution in [0.2, 0.25) is 5.02 Å². The monoisotopic (exact) mass is 342 g/mol. The minimum Gasteiger partial charge on any atom is -0.484 e. The van der Waals surface area contributed by atoms with Crippen LogP contribution >= 0.6 is 11.6 Å². The highest BCUT2D eigenvalue weighted by Crippen LogP contribution is 2.25. The number of hydrogen-bond donors (Lipinski definition) is 0. The topological polar surface area (TPSA) is 48.2 Å². The second kappa shape index (κ2) is 6.65. The van der Waals surface area contributed by atoms with Gasteiger partial charge < -0.3 is 9.15 Å². The van der Waals surface area contributed by atoms with Gasteiger partial charge in [-0.2, -0.15) is 0 Å². The fourth-order valence-electron chi connectivity index (χ4n) is 2.25. The lowest BCUT2D eigenvalue weighted by Gasteiger charge is -2.19. The Morgan fingerprint density at radius 3 is 2.46 bits per heavy atom. The van der Waals surface area contributed by atoms with Crippen LogP contribution in [0.3, 0.4) is 0 Å². The Bertz CT molecular complexity index is 820. The first kappa shape index (κ1) is 16.5. The largest absolute Gasteiger partial charge is 0.484 e. The summed E-state index contributed by atoms with van der Waals surface area (Å²) >= 11 is 5.97. The smallest absolute Gasteiger partial charge is 0.254 e. The van der Waals surface area contributed by atoms with Crippen LogP contribution in [0, 0.1) is 0 Å². The molecule has 0 saturated heterocycles. The molecule has 0 aliphatic heterocycles. The van der Waals surface area contributed by atoms with Crippen molar-refractivity contribution in [2.24, 2.45) is 0 Å². The number of ether oxygens (including phenoxy) is 1. The van der Waals surface area contributed by atoms with E-state index in [0.29, 0.717) is 16.8 Å². The van der Waals surface area contributed by atoms with E-state index >= 15 is 0 Å². The zero-order valence-corrected chi connectivity index (χ0v) is 14.7. The minimum absolute atomic E-state index is 0.122. The average molecular weight is 343 g/mol. The molecule has 0 aliphatic carbocycles. The minimum atomic E-state index is 0.122. The van der Waals surface area contributed by atoms with Crippen molar-refractivity contribution in [1.29, 1.82) is 0 Å². The molecule has 0 spiro atoms. The molecule has 0 saturated carbocycles. The van der Waals surface area contributed by atoms with Crippen LogP contribution in [-0.4, -0.2) is 10.2 Å². The van der Waals surface area contributed by atoms with Crippen LogP contribution in [-0.2, 0) is 12.0 Å². The molecule has 1 heterocycles. The highest BCUT2D eigenvalue weighted by molar-refractivity contribution is 6.30. The molecule has 0 bridgehead atoms. The quantitative estimate of drug-likeness (QED) is 0.648. The van der Waals surface area contributed by atoms with Crippen LogP contribution in [0.15, 0.2) is 52.9 Å². The van der Waals surface area contributed by atoms with Gasteiger partial charge in [-0.25, -0.2) is 0 Å². The van der Waals surface area contributed by atoms with E-state index in [0.717, 1.165) is 11.3 Å². The normalized spacial score (nSPS) is 11.5. The number of aromatic nitrogens is 2. The van der Waals surface area contributed by atoms with E-state index in [-0.39, 0.29) is 12.0 Å². The average Bonchev–Trinajstić information content (AvgIpc) is 3.01. The molecule has 1 aromatic heterocycles. The summed E-state index contributed by atoms with van der Waals surface area (Å²) in [5.74, 6) is 1.62. The third-order valence-electron chi connectivity index (χ3n) is 3.62. The van der Waals surface area contributed by atoms with Gasteiger partial charge in [0.25, 0.3) is 5.89 Å². The summed E-state index contributed by atoms with van der Waals surface area (Å²) in [6, 6.07) is 15.3. The second-order valence-electron chi connectivity index (χ2n) is 6.57. The van der Waals surface area contributed by atoms with Crippen molar-refractivity contribution in [2.75, 3.05) is 0 Å². The van der Waals surface area contributed by atoms with Gasteiger partial charge in [0.2, 0.25) is 5.89 Å². The van der Waals surface area contributed by atoms with Gasteiger partial charge >= 0.3 is 0 Å². The van der Waals surface area contributed by atoms with Crippen LogP contribution in [0.4, 0.5) is 0 Å². The first-order valence-electron chi connectivity index (χ1n) is 7.73. The predicted octanol–water partition coefficient (Wildman–Crippen LogP) is 5.27. The van der Waals surface area contributed by atoms with Crippen molar-refractivity contribution in [1.82, 2.24) is 10.2 Å². The van der Waals surface area contributed by atoms with Gasteiger partial charge in [-0.3, -0.25) is 0 Å². The lowest BCUT2D eigenvalue weighted by molar-refractivity contribution is 0.264. The number of nitrogens with zero attached hydrogens (tertiary/aromatic N) is 2. The van der Waals surface area contributed by atoms with E-state index in [1.165, 1.54) is 5.56 Å². The van der Waals surface area contributed by atoms with Crippen LogP contribution in [0.1, 0.15) is 32.2 Å². The van der Waals surface area contributed by atoms with Gasteiger partial charge in [-0.15, -0.1) is 10.2 Å². The predicted molar refractivity (Wildman–Crippen MR) is 94.2 cm³/mol. The summed E-state index contributed by atoms with van der Waals surface area (Å²) in [6.45, 7) is 6.76. The molecular formula is C19H19ClN2O2. The zero-order chi connectivity index (χ0) is 17.2. The van der Waals surface area contributed by atoms with E-state index in [4.69, 9.17) is 20.8 Å². The Kier molecular flexibility index (Phi) is 4.58. The zero-order valence-electron chi connectivity index (χ0n) is 13.9. The molecule has 0 amide bonds. The summed E-state index contributed by atoms with van der Waals surface area (Å²) in [5.41, 5.74) is 2.17. The summed E-state index contributed by atoms with van der Waals surface area (Å²) in [4.78, 5) is 0. The van der Waals surface area contributed by atoms with Gasteiger partial charge in [0, 0.05) is 10.6 Å². The molecule has 3 aromatic rings. The molecule has 0 radical (unpaired) electrons. The van der Waals surface area contributed by atoms with Crippen molar-refractivity contribution in [3.05, 3.63) is 65.0 Å². The van der Waals surface area contributed by atoms with Crippen molar-refractivity contribution in [3.8, 4) is 17.2 Å². The standard InChI is InChI=1S/C19H19ClN2O2/c1-19(2,3)14-7-9-16(10-8-14)23-12-17-21-22-18(24-17)13-5-4-6-15(20)11-13/h4-11H,12H2,1-3H3. The Balaban J connectivity index is 1.65. The molecular weight excluding hydrogens is 324 g/mol. The van der Waals surface area contributed by atoms with Crippen molar-refractivity contribution in [2.45, 2.75) is 32.8 Å². The third-order valence-corrected chi connectivity index (χ3v) is 3.86. The van der Waals surface area contributed by atoms with E-state index in [9.17, 15) is 0 Å². The fourth-order valence-corrected chi connectivity index (χ4v) is 2.44.